The van der Waals surface area contributed by atoms with E-state index in [4.69, 9.17) is 5.11 Å². The Bertz CT molecular complexity index is 825. The number of hydrogen-bond acceptors (Lipinski definition) is 1. The third kappa shape index (κ3) is 2.97. The van der Waals surface area contributed by atoms with E-state index in [1.54, 1.807) is 24.3 Å². The molecule has 0 aliphatic rings. The lowest BCUT2D eigenvalue weighted by Gasteiger charge is -2.06. The first-order valence-corrected chi connectivity index (χ1v) is 6.62. The third-order valence-electron chi connectivity index (χ3n) is 3.59. The second-order valence-electron chi connectivity index (χ2n) is 5.10. The molecule has 0 saturated carbocycles. The van der Waals surface area contributed by atoms with Crippen molar-refractivity contribution in [1.29, 1.82) is 0 Å². The van der Waals surface area contributed by atoms with Gasteiger partial charge in [-0.1, -0.05) is 18.2 Å². The van der Waals surface area contributed by atoms with Crippen molar-refractivity contribution in [2.24, 2.45) is 0 Å². The summed E-state index contributed by atoms with van der Waals surface area (Å²) < 4.78 is 14.9. The summed E-state index contributed by atoms with van der Waals surface area (Å²) in [5, 5.41) is 10.1. The lowest BCUT2D eigenvalue weighted by molar-refractivity contribution is 0.0697. The molecule has 0 radical (unpaired) electrons. The molecule has 0 unspecified atom stereocenters. The Balaban J connectivity index is 0.00000176. The van der Waals surface area contributed by atoms with Gasteiger partial charge in [-0.3, -0.25) is 0 Å². The van der Waals surface area contributed by atoms with Crippen LogP contribution in [0, 0.1) is 12.7 Å². The highest BCUT2D eigenvalue weighted by molar-refractivity contribution is 5.94. The number of nitrogens with zero attached hydrogens (tertiary/aromatic N) is 1. The molecule has 1 aromatic heterocycles. The smallest absolute Gasteiger partial charge is 0.335 e. The Morgan fingerprint density at radius 2 is 1.86 bits per heavy atom. The van der Waals surface area contributed by atoms with Crippen LogP contribution in [0.15, 0.2) is 48.7 Å². The minimum atomic E-state index is -0.941. The van der Waals surface area contributed by atoms with Crippen molar-refractivity contribution in [3.63, 3.8) is 0 Å². The van der Waals surface area contributed by atoms with E-state index in [1.165, 1.54) is 12.1 Å². The van der Waals surface area contributed by atoms with Crippen LogP contribution in [-0.4, -0.2) is 15.6 Å². The molecule has 0 saturated heterocycles. The number of rotatable bonds is 3. The molecule has 1 N–H and O–H groups in total. The topological polar surface area (TPSA) is 42.2 Å². The summed E-state index contributed by atoms with van der Waals surface area (Å²) in [7, 11) is 0. The molecule has 3 rings (SSSR count). The minimum Gasteiger partial charge on any atom is -0.478 e. The highest BCUT2D eigenvalue weighted by Crippen LogP contribution is 2.23. The van der Waals surface area contributed by atoms with Gasteiger partial charge >= 0.3 is 5.97 Å². The second kappa shape index (κ2) is 6.20. The van der Waals surface area contributed by atoms with E-state index >= 15 is 0 Å². The first-order chi connectivity index (χ1) is 10.0. The third-order valence-corrected chi connectivity index (χ3v) is 3.59. The van der Waals surface area contributed by atoms with Crippen LogP contribution in [-0.2, 0) is 6.54 Å². The first kappa shape index (κ1) is 16.0. The van der Waals surface area contributed by atoms with Crippen LogP contribution in [0.4, 0.5) is 4.39 Å². The van der Waals surface area contributed by atoms with Crippen molar-refractivity contribution in [3.8, 4) is 0 Å². The molecule has 5 heteroatoms. The summed E-state index contributed by atoms with van der Waals surface area (Å²) in [5.74, 6) is -1.20. The van der Waals surface area contributed by atoms with E-state index in [0.717, 1.165) is 22.0 Å². The zero-order chi connectivity index (χ0) is 15.0. The average Bonchev–Trinajstić information content (AvgIpc) is 2.77. The fourth-order valence-electron chi connectivity index (χ4n) is 2.53. The van der Waals surface area contributed by atoms with Gasteiger partial charge in [0.25, 0.3) is 0 Å². The average molecular weight is 320 g/mol. The molecule has 0 atom stereocenters. The second-order valence-corrected chi connectivity index (χ2v) is 5.10. The van der Waals surface area contributed by atoms with E-state index < -0.39 is 5.97 Å². The maximum absolute atomic E-state index is 13.0. The first-order valence-electron chi connectivity index (χ1n) is 6.62. The summed E-state index contributed by atoms with van der Waals surface area (Å²) in [6.45, 7) is 2.57. The summed E-state index contributed by atoms with van der Waals surface area (Å²) in [6, 6.07) is 11.4. The van der Waals surface area contributed by atoms with Gasteiger partial charge in [-0.05, 0) is 42.3 Å². The number of aromatic nitrogens is 1. The zero-order valence-corrected chi connectivity index (χ0v) is 12.7. The Hall–Kier alpha value is -2.33. The van der Waals surface area contributed by atoms with Crippen LogP contribution < -0.4 is 0 Å². The fraction of sp³-hybridized carbons (Fsp3) is 0.118. The number of carbonyl (C=O) groups is 1. The molecule has 114 valence electrons. The molecule has 2 aromatic carbocycles. The Labute approximate surface area is 133 Å². The predicted molar refractivity (Wildman–Crippen MR) is 86.4 cm³/mol. The van der Waals surface area contributed by atoms with Crippen molar-refractivity contribution in [2.45, 2.75) is 13.5 Å². The molecule has 0 amide bonds. The molecule has 1 heterocycles. The van der Waals surface area contributed by atoms with Crippen LogP contribution in [0.1, 0.15) is 21.5 Å². The normalized spacial score (nSPS) is 10.5. The summed E-state index contributed by atoms with van der Waals surface area (Å²) in [6.07, 6.45) is 1.99. The number of aromatic carboxylic acids is 1. The van der Waals surface area contributed by atoms with Gasteiger partial charge < -0.3 is 9.67 Å². The van der Waals surface area contributed by atoms with Gasteiger partial charge in [0.05, 0.1) is 5.56 Å². The molecule has 0 aliphatic heterocycles. The van der Waals surface area contributed by atoms with Gasteiger partial charge in [-0.15, -0.1) is 12.4 Å². The summed E-state index contributed by atoms with van der Waals surface area (Å²) >= 11 is 0. The van der Waals surface area contributed by atoms with E-state index in [9.17, 15) is 9.18 Å². The highest BCUT2D eigenvalue weighted by atomic mass is 35.5. The molecular weight excluding hydrogens is 305 g/mol. The van der Waals surface area contributed by atoms with E-state index in [0.29, 0.717) is 6.54 Å². The summed E-state index contributed by atoms with van der Waals surface area (Å²) in [5.41, 5.74) is 3.19. The number of fused-ring (bicyclic) bond motifs is 1. The van der Waals surface area contributed by atoms with Crippen LogP contribution in [0.2, 0.25) is 0 Å². The molecule has 3 nitrogen and oxygen atoms in total. The van der Waals surface area contributed by atoms with Crippen molar-refractivity contribution in [1.82, 2.24) is 4.57 Å². The largest absolute Gasteiger partial charge is 0.478 e. The van der Waals surface area contributed by atoms with E-state index in [2.05, 4.69) is 0 Å². The van der Waals surface area contributed by atoms with Crippen molar-refractivity contribution >= 4 is 29.3 Å². The molecule has 3 aromatic rings. The molecule has 22 heavy (non-hydrogen) atoms. The van der Waals surface area contributed by atoms with E-state index in [-0.39, 0.29) is 23.8 Å². The van der Waals surface area contributed by atoms with Crippen LogP contribution in [0.3, 0.4) is 0 Å². The van der Waals surface area contributed by atoms with Gasteiger partial charge in [0.2, 0.25) is 0 Å². The standard InChI is InChI=1S/C17H14FNO2.ClH/c1-11-9-19(10-12-2-5-14(18)6-3-12)16-8-13(17(20)21)4-7-15(11)16;/h2-9H,10H2,1H3,(H,20,21);1H. The summed E-state index contributed by atoms with van der Waals surface area (Å²) in [4.78, 5) is 11.1. The number of halogens is 2. The number of carboxylic acids is 1. The lowest BCUT2D eigenvalue weighted by Crippen LogP contribution is -2.00. The van der Waals surface area contributed by atoms with Crippen LogP contribution in [0.25, 0.3) is 10.9 Å². The van der Waals surface area contributed by atoms with Crippen molar-refractivity contribution in [3.05, 3.63) is 71.2 Å². The SMILES string of the molecule is Cc1cn(Cc2ccc(F)cc2)c2cc(C(=O)O)ccc12.Cl. The van der Waals surface area contributed by atoms with Crippen molar-refractivity contribution < 1.29 is 14.3 Å². The van der Waals surface area contributed by atoms with Gasteiger partial charge in [0.15, 0.2) is 0 Å². The highest BCUT2D eigenvalue weighted by Gasteiger charge is 2.10. The predicted octanol–water partition coefficient (Wildman–Crippen LogP) is 4.26. The fourth-order valence-corrected chi connectivity index (χ4v) is 2.53. The monoisotopic (exact) mass is 319 g/mol. The maximum Gasteiger partial charge on any atom is 0.335 e. The van der Waals surface area contributed by atoms with Crippen LogP contribution in [0.5, 0.6) is 0 Å². The number of carboxylic acid groups (broad SMARTS) is 1. The number of benzene rings is 2. The van der Waals surface area contributed by atoms with Gasteiger partial charge in [-0.25, -0.2) is 9.18 Å². The lowest BCUT2D eigenvalue weighted by atomic mass is 10.1. The quantitative estimate of drug-likeness (QED) is 0.784. The Morgan fingerprint density at radius 3 is 2.50 bits per heavy atom. The number of hydrogen-bond donors (Lipinski definition) is 1. The molecular formula is C17H15ClFNO2. The molecule has 0 aliphatic carbocycles. The molecule has 0 fully saturated rings. The van der Waals surface area contributed by atoms with Crippen molar-refractivity contribution in [2.75, 3.05) is 0 Å². The Morgan fingerprint density at radius 1 is 1.18 bits per heavy atom. The van der Waals surface area contributed by atoms with Gasteiger partial charge in [0, 0.05) is 23.6 Å². The van der Waals surface area contributed by atoms with Crippen LogP contribution >= 0.6 is 12.4 Å². The van der Waals surface area contributed by atoms with E-state index in [1.807, 2.05) is 23.8 Å². The maximum atomic E-state index is 13.0. The molecule has 0 spiro atoms. The number of aryl methyl sites for hydroxylation is 1. The zero-order valence-electron chi connectivity index (χ0n) is 11.9. The minimum absolute atomic E-state index is 0. The molecule has 0 bridgehead atoms. The van der Waals surface area contributed by atoms with Gasteiger partial charge in [0.1, 0.15) is 5.82 Å². The van der Waals surface area contributed by atoms with Gasteiger partial charge in [-0.2, -0.15) is 0 Å². The Kier molecular flexibility index (Phi) is 4.52.